The van der Waals surface area contributed by atoms with Gasteiger partial charge in [0, 0.05) is 39.6 Å². The van der Waals surface area contributed by atoms with Gasteiger partial charge in [0.15, 0.2) is 0 Å². The fourth-order valence-electron chi connectivity index (χ4n) is 0.427. The van der Waals surface area contributed by atoms with Crippen LogP contribution in [0.25, 0.3) is 0 Å². The van der Waals surface area contributed by atoms with E-state index in [1.807, 2.05) is 0 Å². The van der Waals surface area contributed by atoms with E-state index in [4.69, 9.17) is 0 Å². The molecule has 2 nitrogen and oxygen atoms in total. The Hall–Kier alpha value is 0.574. The second-order valence-corrected chi connectivity index (χ2v) is 1.51. The summed E-state index contributed by atoms with van der Waals surface area (Å²) in [6.07, 6.45) is 0. The van der Waals surface area contributed by atoms with Crippen LogP contribution in [0.1, 0.15) is 6.92 Å². The zero-order chi connectivity index (χ0) is 6.57. The molecule has 0 bridgehead atoms. The molecule has 0 aromatic carbocycles. The standard InChI is InChI=1S/C6H11NO.Y/c1-4-7(5-2)6(3)8;/h1-2,4-5H2,3H3;/q-2;. The molecule has 0 aliphatic heterocycles. The fraction of sp³-hybridized carbons (Fsp3) is 0.500. The molecular weight excluding hydrogens is 191 g/mol. The molecule has 9 heavy (non-hydrogen) atoms. The van der Waals surface area contributed by atoms with Crippen molar-refractivity contribution in [3.05, 3.63) is 13.8 Å². The quantitative estimate of drug-likeness (QED) is 0.597. The summed E-state index contributed by atoms with van der Waals surface area (Å²) in [5.74, 6) is 0.0370. The molecular formula is C6H11NOY-2. The van der Waals surface area contributed by atoms with E-state index in [1.165, 1.54) is 6.92 Å². The van der Waals surface area contributed by atoms with Crippen LogP contribution in [0.3, 0.4) is 0 Å². The van der Waals surface area contributed by atoms with Gasteiger partial charge in [0.1, 0.15) is 0 Å². The Bertz CT molecular complexity index is 81.1. The minimum absolute atomic E-state index is 0. The molecule has 0 saturated carbocycles. The zero-order valence-electron chi connectivity index (χ0n) is 5.76. The van der Waals surface area contributed by atoms with Crippen molar-refractivity contribution >= 4 is 5.91 Å². The number of nitrogens with zero attached hydrogens (tertiary/aromatic N) is 1. The molecule has 0 saturated heterocycles. The van der Waals surface area contributed by atoms with Crippen LogP contribution < -0.4 is 0 Å². The molecule has 0 unspecified atom stereocenters. The summed E-state index contributed by atoms with van der Waals surface area (Å²) in [5.41, 5.74) is 0. The maximum absolute atomic E-state index is 10.5. The van der Waals surface area contributed by atoms with E-state index >= 15 is 0 Å². The Balaban J connectivity index is 0. The molecule has 0 heterocycles. The Morgan fingerprint density at radius 2 is 1.78 bits per heavy atom. The van der Waals surface area contributed by atoms with E-state index in [9.17, 15) is 4.79 Å². The van der Waals surface area contributed by atoms with Gasteiger partial charge in [0.25, 0.3) is 0 Å². The van der Waals surface area contributed by atoms with Crippen molar-refractivity contribution in [3.63, 3.8) is 0 Å². The molecule has 0 rings (SSSR count). The van der Waals surface area contributed by atoms with E-state index in [1.54, 1.807) is 4.90 Å². The molecule has 0 atom stereocenters. The third-order valence-electron chi connectivity index (χ3n) is 0.985. The maximum Gasteiger partial charge on any atom is 0.214 e. The van der Waals surface area contributed by atoms with E-state index in [0.29, 0.717) is 13.1 Å². The van der Waals surface area contributed by atoms with Crippen LogP contribution in [-0.2, 0) is 37.5 Å². The topological polar surface area (TPSA) is 20.3 Å². The summed E-state index contributed by atoms with van der Waals surface area (Å²) >= 11 is 0. The minimum Gasteiger partial charge on any atom is -0.403 e. The van der Waals surface area contributed by atoms with Crippen LogP contribution in [0.15, 0.2) is 0 Å². The second kappa shape index (κ2) is 6.69. The molecule has 0 N–H and O–H groups in total. The first-order valence-electron chi connectivity index (χ1n) is 2.56. The average molecular weight is 202 g/mol. The predicted molar refractivity (Wildman–Crippen MR) is 33.0 cm³/mol. The summed E-state index contributed by atoms with van der Waals surface area (Å²) in [6, 6.07) is 0. The Morgan fingerprint density at radius 1 is 1.44 bits per heavy atom. The van der Waals surface area contributed by atoms with Gasteiger partial charge in [-0.15, -0.1) is 13.1 Å². The Labute approximate surface area is 81.9 Å². The molecule has 0 aromatic heterocycles. The predicted octanol–water partition coefficient (Wildman–Crippen LogP) is 0.501. The Kier molecular flexibility index (Phi) is 9.12. The van der Waals surface area contributed by atoms with Gasteiger partial charge in [-0.1, -0.05) is 0 Å². The fourth-order valence-corrected chi connectivity index (χ4v) is 0.427. The Morgan fingerprint density at radius 3 is 1.78 bits per heavy atom. The third-order valence-corrected chi connectivity index (χ3v) is 0.985. The molecule has 0 aliphatic carbocycles. The molecule has 0 fully saturated rings. The first kappa shape index (κ1) is 12.3. The van der Waals surface area contributed by atoms with Crippen molar-refractivity contribution in [2.24, 2.45) is 0 Å². The van der Waals surface area contributed by atoms with Crippen molar-refractivity contribution in [1.82, 2.24) is 4.90 Å². The largest absolute Gasteiger partial charge is 0.403 e. The van der Waals surface area contributed by atoms with Crippen molar-refractivity contribution in [1.29, 1.82) is 0 Å². The van der Waals surface area contributed by atoms with Gasteiger partial charge in [-0.25, -0.2) is 0 Å². The van der Waals surface area contributed by atoms with E-state index in [2.05, 4.69) is 13.8 Å². The molecule has 51 valence electrons. The average Bonchev–Trinajstić information content (AvgIpc) is 1.69. The molecule has 1 radical (unpaired) electrons. The van der Waals surface area contributed by atoms with Crippen LogP contribution in [0.4, 0.5) is 0 Å². The molecule has 0 aromatic rings. The SMILES string of the molecule is [CH2-]CN(C[CH2-])C(C)=O.[Y]. The van der Waals surface area contributed by atoms with Gasteiger partial charge in [-0.2, -0.15) is 0 Å². The van der Waals surface area contributed by atoms with E-state index in [0.717, 1.165) is 0 Å². The van der Waals surface area contributed by atoms with E-state index in [-0.39, 0.29) is 38.6 Å². The van der Waals surface area contributed by atoms with Gasteiger partial charge in [-0.05, 0) is 0 Å². The summed E-state index contributed by atoms with van der Waals surface area (Å²) in [5, 5.41) is 0. The van der Waals surface area contributed by atoms with Crippen LogP contribution in [0.2, 0.25) is 0 Å². The van der Waals surface area contributed by atoms with Crippen molar-refractivity contribution in [2.45, 2.75) is 6.92 Å². The summed E-state index contributed by atoms with van der Waals surface area (Å²) in [7, 11) is 0. The summed E-state index contributed by atoms with van der Waals surface area (Å²) in [6.45, 7) is 9.62. The van der Waals surface area contributed by atoms with Gasteiger partial charge in [-0.3, -0.25) is 4.79 Å². The van der Waals surface area contributed by atoms with Crippen LogP contribution >= 0.6 is 0 Å². The number of carbonyl (C=O) groups is 1. The molecule has 3 heteroatoms. The van der Waals surface area contributed by atoms with Crippen LogP contribution in [0.5, 0.6) is 0 Å². The van der Waals surface area contributed by atoms with Gasteiger partial charge in [0.05, 0.1) is 0 Å². The maximum atomic E-state index is 10.5. The number of hydrogen-bond acceptors (Lipinski definition) is 1. The van der Waals surface area contributed by atoms with Crippen molar-refractivity contribution in [3.8, 4) is 0 Å². The monoisotopic (exact) mass is 202 g/mol. The van der Waals surface area contributed by atoms with E-state index < -0.39 is 0 Å². The first-order valence-corrected chi connectivity index (χ1v) is 2.56. The third kappa shape index (κ3) is 5.04. The first-order chi connectivity index (χ1) is 3.72. The molecule has 0 spiro atoms. The number of amides is 1. The minimum atomic E-state index is 0. The van der Waals surface area contributed by atoms with Gasteiger partial charge in [0.2, 0.25) is 5.91 Å². The summed E-state index contributed by atoms with van der Waals surface area (Å²) in [4.78, 5) is 12.0. The number of rotatable bonds is 2. The smallest absolute Gasteiger partial charge is 0.214 e. The van der Waals surface area contributed by atoms with Crippen molar-refractivity contribution < 1.29 is 37.5 Å². The van der Waals surface area contributed by atoms with Gasteiger partial charge < -0.3 is 18.7 Å². The number of carbonyl (C=O) groups excluding carboxylic acids is 1. The van der Waals surface area contributed by atoms with Crippen molar-refractivity contribution in [2.75, 3.05) is 13.1 Å². The molecule has 1 amide bonds. The zero-order valence-corrected chi connectivity index (χ0v) is 8.60. The normalized spacial score (nSPS) is 7.89. The summed E-state index contributed by atoms with van der Waals surface area (Å²) < 4.78 is 0. The number of hydrogen-bond donors (Lipinski definition) is 0. The van der Waals surface area contributed by atoms with Crippen LogP contribution in [-0.4, -0.2) is 23.9 Å². The second-order valence-electron chi connectivity index (χ2n) is 1.51. The molecule has 0 aliphatic rings. The van der Waals surface area contributed by atoms with Gasteiger partial charge >= 0.3 is 0 Å². The van der Waals surface area contributed by atoms with Crippen LogP contribution in [0, 0.1) is 13.8 Å².